The number of hydrogen-bond donors (Lipinski definition) is 0. The van der Waals surface area contributed by atoms with Crippen LogP contribution in [0.2, 0.25) is 5.02 Å². The van der Waals surface area contributed by atoms with E-state index in [2.05, 4.69) is 5.10 Å². The van der Waals surface area contributed by atoms with E-state index in [1.54, 1.807) is 30.3 Å². The third-order valence-corrected chi connectivity index (χ3v) is 4.43. The maximum absolute atomic E-state index is 13.6. The van der Waals surface area contributed by atoms with Crippen LogP contribution in [0.15, 0.2) is 48.5 Å². The second kappa shape index (κ2) is 8.19. The number of rotatable bonds is 4. The van der Waals surface area contributed by atoms with Crippen LogP contribution in [-0.2, 0) is 15.7 Å². The minimum Gasteiger partial charge on any atom is -0.465 e. The van der Waals surface area contributed by atoms with Gasteiger partial charge in [0.15, 0.2) is 5.69 Å². The van der Waals surface area contributed by atoms with Crippen LogP contribution in [0.3, 0.4) is 0 Å². The Morgan fingerprint density at radius 3 is 2.20 bits per heavy atom. The first-order valence-corrected chi connectivity index (χ1v) is 8.79. The zero-order valence-corrected chi connectivity index (χ0v) is 16.4. The van der Waals surface area contributed by atoms with Gasteiger partial charge in [-0.2, -0.15) is 18.3 Å². The number of alkyl halides is 3. The lowest BCUT2D eigenvalue weighted by molar-refractivity contribution is -0.137. The number of carbonyl (C=O) groups is 2. The number of carbonyl (C=O) groups excluding carboxylic acids is 2. The number of para-hydroxylation sites is 1. The minimum absolute atomic E-state index is 0.0114. The smallest absolute Gasteiger partial charge is 0.417 e. The van der Waals surface area contributed by atoms with E-state index < -0.39 is 40.5 Å². The Morgan fingerprint density at radius 2 is 1.63 bits per heavy atom. The molecule has 10 heteroatoms. The molecule has 0 aliphatic carbocycles. The average molecular weight is 439 g/mol. The summed E-state index contributed by atoms with van der Waals surface area (Å²) in [4.78, 5) is 25.0. The largest absolute Gasteiger partial charge is 0.465 e. The second-order valence-corrected chi connectivity index (χ2v) is 6.43. The minimum atomic E-state index is -4.77. The quantitative estimate of drug-likeness (QED) is 0.548. The SMILES string of the molecule is COC(=O)c1c(-c2cc(Cl)ccc2C(F)(F)F)nn(-c2ccccc2)c1C(=O)OC. The van der Waals surface area contributed by atoms with Crippen molar-refractivity contribution in [1.29, 1.82) is 0 Å². The molecule has 2 aromatic carbocycles. The van der Waals surface area contributed by atoms with Gasteiger partial charge >= 0.3 is 18.1 Å². The number of benzene rings is 2. The van der Waals surface area contributed by atoms with Crippen molar-refractivity contribution in [2.45, 2.75) is 6.18 Å². The summed E-state index contributed by atoms with van der Waals surface area (Å²) < 4.78 is 51.5. The molecule has 0 atom stereocenters. The van der Waals surface area contributed by atoms with Crippen LogP contribution in [0.4, 0.5) is 13.2 Å². The zero-order valence-electron chi connectivity index (χ0n) is 15.7. The first-order chi connectivity index (χ1) is 14.2. The molecule has 6 nitrogen and oxygen atoms in total. The van der Waals surface area contributed by atoms with Crippen LogP contribution in [0.25, 0.3) is 16.9 Å². The van der Waals surface area contributed by atoms with Gasteiger partial charge in [-0.3, -0.25) is 0 Å². The molecule has 0 saturated carbocycles. The molecule has 0 radical (unpaired) electrons. The normalized spacial score (nSPS) is 11.3. The molecule has 30 heavy (non-hydrogen) atoms. The molecule has 0 fully saturated rings. The molecular formula is C20H14ClF3N2O4. The maximum atomic E-state index is 13.6. The highest BCUT2D eigenvalue weighted by atomic mass is 35.5. The van der Waals surface area contributed by atoms with Crippen LogP contribution in [0.5, 0.6) is 0 Å². The predicted octanol–water partition coefficient (Wildman–Crippen LogP) is 4.78. The summed E-state index contributed by atoms with van der Waals surface area (Å²) in [5.74, 6) is -2.03. The van der Waals surface area contributed by atoms with Gasteiger partial charge in [0.25, 0.3) is 0 Å². The molecule has 0 bridgehead atoms. The lowest BCUT2D eigenvalue weighted by Gasteiger charge is -2.12. The van der Waals surface area contributed by atoms with Crippen LogP contribution < -0.4 is 0 Å². The molecule has 1 heterocycles. The molecule has 156 valence electrons. The molecular weight excluding hydrogens is 425 g/mol. The van der Waals surface area contributed by atoms with Gasteiger partial charge in [-0.1, -0.05) is 29.8 Å². The van der Waals surface area contributed by atoms with Crippen molar-refractivity contribution in [3.8, 4) is 16.9 Å². The summed E-state index contributed by atoms with van der Waals surface area (Å²) >= 11 is 5.93. The van der Waals surface area contributed by atoms with Crippen molar-refractivity contribution in [3.63, 3.8) is 0 Å². The Balaban J connectivity index is 2.45. The molecule has 3 rings (SSSR count). The van der Waals surface area contributed by atoms with Crippen molar-refractivity contribution < 1.29 is 32.2 Å². The molecule has 0 saturated heterocycles. The van der Waals surface area contributed by atoms with Crippen LogP contribution in [0.1, 0.15) is 26.4 Å². The zero-order chi connectivity index (χ0) is 22.1. The van der Waals surface area contributed by atoms with E-state index in [0.29, 0.717) is 5.69 Å². The van der Waals surface area contributed by atoms with E-state index in [1.165, 1.54) is 0 Å². The van der Waals surface area contributed by atoms with Gasteiger partial charge in [0, 0.05) is 10.6 Å². The van der Waals surface area contributed by atoms with E-state index in [0.717, 1.165) is 37.1 Å². The molecule has 1 aromatic heterocycles. The van der Waals surface area contributed by atoms with Crippen molar-refractivity contribution in [3.05, 3.63) is 70.4 Å². The third-order valence-electron chi connectivity index (χ3n) is 4.20. The Hall–Kier alpha value is -3.33. The number of methoxy groups -OCH3 is 2. The van der Waals surface area contributed by atoms with Gasteiger partial charge in [-0.15, -0.1) is 0 Å². The third kappa shape index (κ3) is 3.88. The fourth-order valence-electron chi connectivity index (χ4n) is 2.90. The van der Waals surface area contributed by atoms with Crippen molar-refractivity contribution >= 4 is 23.5 Å². The Bertz CT molecular complexity index is 1110. The highest BCUT2D eigenvalue weighted by Crippen LogP contribution is 2.40. The topological polar surface area (TPSA) is 70.4 Å². The Morgan fingerprint density at radius 1 is 1.00 bits per heavy atom. The number of aromatic nitrogens is 2. The van der Waals surface area contributed by atoms with Crippen molar-refractivity contribution in [2.24, 2.45) is 0 Å². The lowest BCUT2D eigenvalue weighted by atomic mass is 10.00. The summed E-state index contributed by atoms with van der Waals surface area (Å²) in [5.41, 5.74) is -2.49. The summed E-state index contributed by atoms with van der Waals surface area (Å²) in [5, 5.41) is 4.15. The van der Waals surface area contributed by atoms with E-state index in [4.69, 9.17) is 21.1 Å². The average Bonchev–Trinajstić information content (AvgIpc) is 3.12. The Labute approximate surface area is 173 Å². The summed E-state index contributed by atoms with van der Waals surface area (Å²) in [6, 6.07) is 11.0. The second-order valence-electron chi connectivity index (χ2n) is 5.99. The van der Waals surface area contributed by atoms with Gasteiger partial charge in [0.2, 0.25) is 0 Å². The predicted molar refractivity (Wildman–Crippen MR) is 102 cm³/mol. The molecule has 3 aromatic rings. The summed E-state index contributed by atoms with van der Waals surface area (Å²) in [6.45, 7) is 0. The first-order valence-electron chi connectivity index (χ1n) is 8.41. The van der Waals surface area contributed by atoms with Crippen LogP contribution in [0, 0.1) is 0 Å². The van der Waals surface area contributed by atoms with E-state index in [-0.39, 0.29) is 10.7 Å². The Kier molecular flexibility index (Phi) is 5.84. The van der Waals surface area contributed by atoms with Crippen LogP contribution in [-0.4, -0.2) is 35.9 Å². The number of ether oxygens (including phenoxy) is 2. The number of nitrogens with zero attached hydrogens (tertiary/aromatic N) is 2. The molecule has 0 aliphatic heterocycles. The molecule has 0 amide bonds. The van der Waals surface area contributed by atoms with E-state index >= 15 is 0 Å². The molecule has 0 N–H and O–H groups in total. The van der Waals surface area contributed by atoms with Gasteiger partial charge in [0.05, 0.1) is 25.5 Å². The lowest BCUT2D eigenvalue weighted by Crippen LogP contribution is -2.15. The van der Waals surface area contributed by atoms with Gasteiger partial charge in [-0.25, -0.2) is 14.3 Å². The van der Waals surface area contributed by atoms with Crippen molar-refractivity contribution in [2.75, 3.05) is 14.2 Å². The van der Waals surface area contributed by atoms with Gasteiger partial charge in [-0.05, 0) is 30.3 Å². The highest BCUT2D eigenvalue weighted by molar-refractivity contribution is 6.31. The van der Waals surface area contributed by atoms with E-state index in [1.807, 2.05) is 0 Å². The standard InChI is InChI=1S/C20H14ClF3N2O4/c1-29-18(27)15-16(13-10-11(21)8-9-14(13)20(22,23)24)25-26(17(15)19(28)30-2)12-6-4-3-5-7-12/h3-10H,1-2H3. The highest BCUT2D eigenvalue weighted by Gasteiger charge is 2.38. The fourth-order valence-corrected chi connectivity index (χ4v) is 3.07. The number of hydrogen-bond acceptors (Lipinski definition) is 5. The first kappa shape index (κ1) is 21.4. The van der Waals surface area contributed by atoms with Gasteiger partial charge < -0.3 is 9.47 Å². The summed E-state index contributed by atoms with van der Waals surface area (Å²) in [7, 11) is 2.11. The fraction of sp³-hybridized carbons (Fsp3) is 0.150. The molecule has 0 unspecified atom stereocenters. The van der Waals surface area contributed by atoms with Gasteiger partial charge in [0.1, 0.15) is 11.3 Å². The summed E-state index contributed by atoms with van der Waals surface area (Å²) in [6.07, 6.45) is -4.77. The number of esters is 2. The monoisotopic (exact) mass is 438 g/mol. The molecule has 0 spiro atoms. The van der Waals surface area contributed by atoms with E-state index in [9.17, 15) is 22.8 Å². The maximum Gasteiger partial charge on any atom is 0.417 e. The molecule has 0 aliphatic rings. The number of halogens is 4. The van der Waals surface area contributed by atoms with Crippen molar-refractivity contribution in [1.82, 2.24) is 9.78 Å². The van der Waals surface area contributed by atoms with Crippen LogP contribution >= 0.6 is 11.6 Å².